The van der Waals surface area contributed by atoms with Crippen LogP contribution in [0.25, 0.3) is 0 Å². The van der Waals surface area contributed by atoms with Crippen LogP contribution in [0.2, 0.25) is 0 Å². The maximum absolute atomic E-state index is 11.5. The van der Waals surface area contributed by atoms with E-state index in [9.17, 15) is 4.79 Å². The molecule has 0 bridgehead atoms. The first-order valence-electron chi connectivity index (χ1n) is 7.27. The molecule has 0 aliphatic heterocycles. The largest absolute Gasteiger partial charge is 0.355 e. The topological polar surface area (TPSA) is 44.4 Å². The van der Waals surface area contributed by atoms with Crippen LogP contribution < -0.4 is 10.6 Å². The minimum absolute atomic E-state index is 0.104. The van der Waals surface area contributed by atoms with Gasteiger partial charge in [0.2, 0.25) is 5.91 Å². The SMILES string of the molecule is CC(C)CNC(=O)CNCCN(C)C1CCCC1. The molecule has 0 aromatic carbocycles. The van der Waals surface area contributed by atoms with Gasteiger partial charge in [-0.15, -0.1) is 0 Å². The molecule has 0 unspecified atom stereocenters. The lowest BCUT2D eigenvalue weighted by atomic mass is 10.2. The minimum atomic E-state index is 0.104. The Morgan fingerprint density at radius 1 is 1.33 bits per heavy atom. The number of nitrogens with one attached hydrogen (secondary N) is 2. The number of hydrogen-bond acceptors (Lipinski definition) is 3. The third-order valence-corrected chi connectivity index (χ3v) is 3.58. The zero-order chi connectivity index (χ0) is 13.4. The van der Waals surface area contributed by atoms with Crippen molar-refractivity contribution in [1.29, 1.82) is 0 Å². The van der Waals surface area contributed by atoms with Gasteiger partial charge in [0, 0.05) is 25.7 Å². The Morgan fingerprint density at radius 2 is 2.00 bits per heavy atom. The Morgan fingerprint density at radius 3 is 2.61 bits per heavy atom. The normalized spacial score (nSPS) is 16.7. The Labute approximate surface area is 111 Å². The molecule has 2 N–H and O–H groups in total. The molecule has 1 aliphatic carbocycles. The van der Waals surface area contributed by atoms with Gasteiger partial charge in [-0.1, -0.05) is 26.7 Å². The quantitative estimate of drug-likeness (QED) is 0.641. The van der Waals surface area contributed by atoms with Crippen LogP contribution >= 0.6 is 0 Å². The van der Waals surface area contributed by atoms with Crippen LogP contribution in [0.15, 0.2) is 0 Å². The molecule has 0 heterocycles. The van der Waals surface area contributed by atoms with Crippen molar-refractivity contribution < 1.29 is 4.79 Å². The lowest BCUT2D eigenvalue weighted by Gasteiger charge is -2.23. The molecule has 1 fully saturated rings. The first kappa shape index (κ1) is 15.4. The van der Waals surface area contributed by atoms with E-state index in [0.717, 1.165) is 25.7 Å². The molecule has 1 saturated carbocycles. The van der Waals surface area contributed by atoms with Crippen LogP contribution in [-0.4, -0.2) is 50.1 Å². The van der Waals surface area contributed by atoms with Gasteiger partial charge < -0.3 is 15.5 Å². The van der Waals surface area contributed by atoms with Crippen molar-refractivity contribution >= 4 is 5.91 Å². The van der Waals surface area contributed by atoms with E-state index in [1.54, 1.807) is 0 Å². The number of carbonyl (C=O) groups is 1. The molecule has 4 heteroatoms. The summed E-state index contributed by atoms with van der Waals surface area (Å²) < 4.78 is 0. The molecule has 0 atom stereocenters. The predicted octanol–water partition coefficient (Wildman–Crippen LogP) is 1.22. The van der Waals surface area contributed by atoms with Crippen molar-refractivity contribution in [1.82, 2.24) is 15.5 Å². The number of rotatable bonds is 8. The van der Waals surface area contributed by atoms with Crippen LogP contribution in [0.4, 0.5) is 0 Å². The molecule has 0 aromatic heterocycles. The molecule has 0 radical (unpaired) electrons. The van der Waals surface area contributed by atoms with Crippen LogP contribution in [-0.2, 0) is 4.79 Å². The van der Waals surface area contributed by atoms with Crippen molar-refractivity contribution in [3.63, 3.8) is 0 Å². The van der Waals surface area contributed by atoms with Crippen LogP contribution in [0.1, 0.15) is 39.5 Å². The standard InChI is InChI=1S/C14H29N3O/c1-12(2)10-16-14(18)11-15-8-9-17(3)13-6-4-5-7-13/h12-13,15H,4-11H2,1-3H3,(H,16,18). The summed E-state index contributed by atoms with van der Waals surface area (Å²) in [6.45, 7) is 7.33. The number of hydrogen-bond donors (Lipinski definition) is 2. The van der Waals surface area contributed by atoms with Gasteiger partial charge >= 0.3 is 0 Å². The maximum Gasteiger partial charge on any atom is 0.233 e. The van der Waals surface area contributed by atoms with E-state index in [4.69, 9.17) is 0 Å². The van der Waals surface area contributed by atoms with E-state index in [1.807, 2.05) is 0 Å². The summed E-state index contributed by atoms with van der Waals surface area (Å²) in [6.07, 6.45) is 5.43. The molecule has 4 nitrogen and oxygen atoms in total. The molecule has 0 aromatic rings. The lowest BCUT2D eigenvalue weighted by molar-refractivity contribution is -0.120. The summed E-state index contributed by atoms with van der Waals surface area (Å²) in [6, 6.07) is 0.765. The number of nitrogens with zero attached hydrogens (tertiary/aromatic N) is 1. The Balaban J connectivity index is 1.98. The van der Waals surface area contributed by atoms with E-state index in [1.165, 1.54) is 25.7 Å². The van der Waals surface area contributed by atoms with Crippen molar-refractivity contribution in [3.8, 4) is 0 Å². The third-order valence-electron chi connectivity index (χ3n) is 3.58. The van der Waals surface area contributed by atoms with E-state index in [-0.39, 0.29) is 5.91 Å². The highest BCUT2D eigenvalue weighted by Crippen LogP contribution is 2.21. The highest BCUT2D eigenvalue weighted by molar-refractivity contribution is 5.77. The first-order valence-corrected chi connectivity index (χ1v) is 7.27. The molecule has 18 heavy (non-hydrogen) atoms. The van der Waals surface area contributed by atoms with Gasteiger partial charge in [-0.3, -0.25) is 4.79 Å². The average Bonchev–Trinajstić information content (AvgIpc) is 2.85. The number of carbonyl (C=O) groups excluding carboxylic acids is 1. The summed E-state index contributed by atoms with van der Waals surface area (Å²) >= 11 is 0. The van der Waals surface area contributed by atoms with Crippen molar-refractivity contribution in [3.05, 3.63) is 0 Å². The summed E-state index contributed by atoms with van der Waals surface area (Å²) in [5.74, 6) is 0.620. The maximum atomic E-state index is 11.5. The van der Waals surface area contributed by atoms with Gasteiger partial charge in [0.05, 0.1) is 6.54 Å². The van der Waals surface area contributed by atoms with Gasteiger partial charge in [-0.25, -0.2) is 0 Å². The van der Waals surface area contributed by atoms with E-state index < -0.39 is 0 Å². The zero-order valence-corrected chi connectivity index (χ0v) is 12.2. The average molecular weight is 255 g/mol. The molecular formula is C14H29N3O. The lowest BCUT2D eigenvalue weighted by Crippen LogP contribution is -2.40. The third kappa shape index (κ3) is 6.36. The molecule has 1 rings (SSSR count). The Hall–Kier alpha value is -0.610. The van der Waals surface area contributed by atoms with Gasteiger partial charge in [0.15, 0.2) is 0 Å². The number of amides is 1. The smallest absolute Gasteiger partial charge is 0.233 e. The zero-order valence-electron chi connectivity index (χ0n) is 12.2. The summed E-state index contributed by atoms with van der Waals surface area (Å²) in [7, 11) is 2.19. The van der Waals surface area contributed by atoms with Crippen molar-refractivity contribution in [2.24, 2.45) is 5.92 Å². The van der Waals surface area contributed by atoms with Crippen molar-refractivity contribution in [2.45, 2.75) is 45.6 Å². The summed E-state index contributed by atoms with van der Waals surface area (Å²) in [5, 5.41) is 6.12. The van der Waals surface area contributed by atoms with Crippen LogP contribution in [0, 0.1) is 5.92 Å². The Kier molecular flexibility index (Phi) is 7.28. The van der Waals surface area contributed by atoms with E-state index in [0.29, 0.717) is 12.5 Å². The molecule has 0 saturated heterocycles. The second kappa shape index (κ2) is 8.48. The molecular weight excluding hydrogens is 226 g/mol. The van der Waals surface area contributed by atoms with Gasteiger partial charge in [-0.2, -0.15) is 0 Å². The van der Waals surface area contributed by atoms with Crippen molar-refractivity contribution in [2.75, 3.05) is 33.2 Å². The highest BCUT2D eigenvalue weighted by Gasteiger charge is 2.18. The fraction of sp³-hybridized carbons (Fsp3) is 0.929. The molecule has 106 valence electrons. The monoisotopic (exact) mass is 255 g/mol. The van der Waals surface area contributed by atoms with Gasteiger partial charge in [-0.05, 0) is 25.8 Å². The number of likely N-dealkylation sites (N-methyl/N-ethyl adjacent to an activating group) is 1. The molecule has 0 spiro atoms. The minimum Gasteiger partial charge on any atom is -0.355 e. The predicted molar refractivity (Wildman–Crippen MR) is 75.6 cm³/mol. The van der Waals surface area contributed by atoms with Crippen LogP contribution in [0.3, 0.4) is 0 Å². The Bertz CT molecular complexity index is 237. The second-order valence-corrected chi connectivity index (χ2v) is 5.79. The molecule has 1 amide bonds. The fourth-order valence-electron chi connectivity index (χ4n) is 2.37. The van der Waals surface area contributed by atoms with Gasteiger partial charge in [0.1, 0.15) is 0 Å². The fourth-order valence-corrected chi connectivity index (χ4v) is 2.37. The van der Waals surface area contributed by atoms with E-state index in [2.05, 4.69) is 36.4 Å². The first-order chi connectivity index (χ1) is 8.59. The summed E-state index contributed by atoms with van der Waals surface area (Å²) in [5.41, 5.74) is 0. The van der Waals surface area contributed by atoms with Gasteiger partial charge in [0.25, 0.3) is 0 Å². The summed E-state index contributed by atoms with van der Waals surface area (Å²) in [4.78, 5) is 13.9. The highest BCUT2D eigenvalue weighted by atomic mass is 16.1. The van der Waals surface area contributed by atoms with E-state index >= 15 is 0 Å². The molecule has 1 aliphatic rings. The second-order valence-electron chi connectivity index (χ2n) is 5.79. The van der Waals surface area contributed by atoms with Crippen LogP contribution in [0.5, 0.6) is 0 Å².